The molecule has 0 aromatic heterocycles. The van der Waals surface area contributed by atoms with Crippen LogP contribution in [0.3, 0.4) is 0 Å². The molecular weight excluding hydrogens is 368 g/mol. The highest BCUT2D eigenvalue weighted by Gasteiger charge is 2.24. The molecule has 1 amide bonds. The number of sulfonamides is 1. The highest BCUT2D eigenvalue weighted by molar-refractivity contribution is 7.92. The maximum Gasteiger partial charge on any atom is 0.255 e. The quantitative estimate of drug-likeness (QED) is 0.848. The second-order valence-electron chi connectivity index (χ2n) is 6.34. The van der Waals surface area contributed by atoms with E-state index >= 15 is 0 Å². The van der Waals surface area contributed by atoms with E-state index in [0.717, 1.165) is 18.4 Å². The van der Waals surface area contributed by atoms with Crippen molar-refractivity contribution < 1.29 is 22.7 Å². The summed E-state index contributed by atoms with van der Waals surface area (Å²) in [7, 11) is -0.253. The molecule has 3 rings (SSSR count). The van der Waals surface area contributed by atoms with Crippen LogP contribution in [-0.2, 0) is 16.4 Å². The first-order chi connectivity index (χ1) is 12.8. The molecule has 8 heteroatoms. The number of benzene rings is 2. The number of rotatable bonds is 5. The van der Waals surface area contributed by atoms with Gasteiger partial charge in [-0.2, -0.15) is 0 Å². The first-order valence-corrected chi connectivity index (χ1v) is 10.3. The van der Waals surface area contributed by atoms with E-state index in [1.165, 1.54) is 24.8 Å². The Hall–Kier alpha value is -2.74. The summed E-state index contributed by atoms with van der Waals surface area (Å²) in [6.07, 6.45) is 2.65. The number of anilines is 2. The van der Waals surface area contributed by atoms with Crippen LogP contribution in [0.5, 0.6) is 11.5 Å². The van der Waals surface area contributed by atoms with Gasteiger partial charge in [-0.15, -0.1) is 0 Å². The topological polar surface area (TPSA) is 84.9 Å². The third-order valence-corrected chi connectivity index (χ3v) is 5.61. The lowest BCUT2D eigenvalue weighted by Gasteiger charge is -2.29. The monoisotopic (exact) mass is 390 g/mol. The molecular formula is C19H22N2O5S. The standard InChI is InChI=1S/C19H22N2O5S/c1-25-16-10-15(11-17(12-16)26-2)20-19(22)14-6-7-18-13(9-14)5-4-8-21(18)27(3,23)24/h6-7,9-12H,4-5,8H2,1-3H3,(H,20,22). The number of nitrogens with zero attached hydrogens (tertiary/aromatic N) is 1. The molecule has 0 bridgehead atoms. The predicted octanol–water partition coefficient (Wildman–Crippen LogP) is 2.67. The van der Waals surface area contributed by atoms with Crippen molar-refractivity contribution >= 4 is 27.3 Å². The van der Waals surface area contributed by atoms with Crippen molar-refractivity contribution in [3.63, 3.8) is 0 Å². The number of carbonyl (C=O) groups is 1. The summed E-state index contributed by atoms with van der Waals surface area (Å²) in [5, 5.41) is 2.83. The SMILES string of the molecule is COc1cc(NC(=O)c2ccc3c(c2)CCCN3S(C)(=O)=O)cc(OC)c1. The van der Waals surface area contributed by atoms with Gasteiger partial charge in [0.05, 0.1) is 26.2 Å². The van der Waals surface area contributed by atoms with E-state index in [0.29, 0.717) is 35.0 Å². The van der Waals surface area contributed by atoms with Crippen LogP contribution in [0.15, 0.2) is 36.4 Å². The van der Waals surface area contributed by atoms with E-state index in [2.05, 4.69) is 5.32 Å². The zero-order valence-electron chi connectivity index (χ0n) is 15.5. The summed E-state index contributed by atoms with van der Waals surface area (Å²) in [4.78, 5) is 12.7. The zero-order valence-corrected chi connectivity index (χ0v) is 16.3. The third-order valence-electron chi connectivity index (χ3n) is 4.43. The summed E-state index contributed by atoms with van der Waals surface area (Å²) < 4.78 is 35.7. The predicted molar refractivity (Wildman–Crippen MR) is 104 cm³/mol. The van der Waals surface area contributed by atoms with Gasteiger partial charge in [-0.25, -0.2) is 8.42 Å². The van der Waals surface area contributed by atoms with Crippen LogP contribution in [0.1, 0.15) is 22.3 Å². The van der Waals surface area contributed by atoms with Crippen LogP contribution in [0.25, 0.3) is 0 Å². The third kappa shape index (κ3) is 4.16. The van der Waals surface area contributed by atoms with E-state index in [1.807, 2.05) is 0 Å². The summed E-state index contributed by atoms with van der Waals surface area (Å²) in [6.45, 7) is 0.459. The summed E-state index contributed by atoms with van der Waals surface area (Å²) in [5.74, 6) is 0.849. The van der Waals surface area contributed by atoms with Crippen LogP contribution in [0, 0.1) is 0 Å². The lowest BCUT2D eigenvalue weighted by atomic mass is 10.0. The number of methoxy groups -OCH3 is 2. The van der Waals surface area contributed by atoms with Gasteiger partial charge in [0.2, 0.25) is 10.0 Å². The molecule has 2 aromatic carbocycles. The lowest BCUT2D eigenvalue weighted by molar-refractivity contribution is 0.102. The number of carbonyl (C=O) groups excluding carboxylic acids is 1. The summed E-state index contributed by atoms with van der Waals surface area (Å²) >= 11 is 0. The smallest absolute Gasteiger partial charge is 0.255 e. The van der Waals surface area contributed by atoms with Gasteiger partial charge in [-0.3, -0.25) is 9.10 Å². The molecule has 0 unspecified atom stereocenters. The largest absolute Gasteiger partial charge is 0.497 e. The molecule has 1 heterocycles. The number of ether oxygens (including phenoxy) is 2. The van der Waals surface area contributed by atoms with E-state index in [4.69, 9.17) is 9.47 Å². The molecule has 0 aliphatic carbocycles. The van der Waals surface area contributed by atoms with Gasteiger partial charge in [0, 0.05) is 36.0 Å². The Labute approximate surface area is 158 Å². The Balaban J connectivity index is 1.86. The fourth-order valence-electron chi connectivity index (χ4n) is 3.13. The van der Waals surface area contributed by atoms with Crippen LogP contribution < -0.4 is 19.1 Å². The highest BCUT2D eigenvalue weighted by Crippen LogP contribution is 2.31. The molecule has 0 fully saturated rings. The van der Waals surface area contributed by atoms with Gasteiger partial charge >= 0.3 is 0 Å². The summed E-state index contributed by atoms with van der Waals surface area (Å²) in [5.41, 5.74) is 2.50. The van der Waals surface area contributed by atoms with Crippen molar-refractivity contribution in [2.24, 2.45) is 0 Å². The first-order valence-electron chi connectivity index (χ1n) is 8.47. The molecule has 7 nitrogen and oxygen atoms in total. The minimum absolute atomic E-state index is 0.287. The highest BCUT2D eigenvalue weighted by atomic mass is 32.2. The number of amides is 1. The Morgan fingerprint density at radius 2 is 1.74 bits per heavy atom. The molecule has 1 aliphatic rings. The van der Waals surface area contributed by atoms with Crippen molar-refractivity contribution in [1.29, 1.82) is 0 Å². The number of fused-ring (bicyclic) bond motifs is 1. The maximum atomic E-state index is 12.7. The van der Waals surface area contributed by atoms with Crippen molar-refractivity contribution in [2.75, 3.05) is 36.6 Å². The normalized spacial score (nSPS) is 13.7. The molecule has 0 saturated carbocycles. The van der Waals surface area contributed by atoms with Crippen LogP contribution >= 0.6 is 0 Å². The van der Waals surface area contributed by atoms with Crippen molar-refractivity contribution in [2.45, 2.75) is 12.8 Å². The minimum atomic E-state index is -3.33. The van der Waals surface area contributed by atoms with Gasteiger partial charge in [-0.1, -0.05) is 0 Å². The van der Waals surface area contributed by atoms with E-state index < -0.39 is 10.0 Å². The minimum Gasteiger partial charge on any atom is -0.497 e. The fourth-order valence-corrected chi connectivity index (χ4v) is 4.13. The van der Waals surface area contributed by atoms with Crippen molar-refractivity contribution in [1.82, 2.24) is 0 Å². The Morgan fingerprint density at radius 3 is 2.33 bits per heavy atom. The average molecular weight is 390 g/mol. The molecule has 27 heavy (non-hydrogen) atoms. The molecule has 2 aromatic rings. The molecule has 144 valence electrons. The fraction of sp³-hybridized carbons (Fsp3) is 0.316. The molecule has 0 atom stereocenters. The average Bonchev–Trinajstić information content (AvgIpc) is 2.65. The van der Waals surface area contributed by atoms with Gasteiger partial charge in [-0.05, 0) is 36.6 Å². The second-order valence-corrected chi connectivity index (χ2v) is 8.24. The van der Waals surface area contributed by atoms with Gasteiger partial charge in [0.15, 0.2) is 0 Å². The van der Waals surface area contributed by atoms with Gasteiger partial charge < -0.3 is 14.8 Å². The van der Waals surface area contributed by atoms with E-state index in [9.17, 15) is 13.2 Å². The number of hydrogen-bond donors (Lipinski definition) is 1. The zero-order chi connectivity index (χ0) is 19.6. The van der Waals surface area contributed by atoms with Crippen molar-refractivity contribution in [3.05, 3.63) is 47.5 Å². The maximum absolute atomic E-state index is 12.7. The molecule has 0 radical (unpaired) electrons. The lowest BCUT2D eigenvalue weighted by Crippen LogP contribution is -2.34. The Morgan fingerprint density at radius 1 is 1.07 bits per heavy atom. The number of hydrogen-bond acceptors (Lipinski definition) is 5. The number of nitrogens with one attached hydrogen (secondary N) is 1. The van der Waals surface area contributed by atoms with Gasteiger partial charge in [0.25, 0.3) is 5.91 Å². The molecule has 0 saturated heterocycles. The molecule has 1 aliphatic heterocycles. The Kier molecular flexibility index (Phi) is 5.27. The van der Waals surface area contributed by atoms with E-state index in [1.54, 1.807) is 36.4 Å². The summed E-state index contributed by atoms with van der Waals surface area (Å²) in [6, 6.07) is 10.2. The Bertz CT molecular complexity index is 950. The van der Waals surface area contributed by atoms with E-state index in [-0.39, 0.29) is 5.91 Å². The molecule has 0 spiro atoms. The number of aryl methyl sites for hydroxylation is 1. The van der Waals surface area contributed by atoms with Crippen LogP contribution in [-0.4, -0.2) is 41.3 Å². The van der Waals surface area contributed by atoms with Crippen LogP contribution in [0.4, 0.5) is 11.4 Å². The second kappa shape index (κ2) is 7.48. The van der Waals surface area contributed by atoms with Crippen LogP contribution in [0.2, 0.25) is 0 Å². The first kappa shape index (κ1) is 19.0. The van der Waals surface area contributed by atoms with Gasteiger partial charge in [0.1, 0.15) is 11.5 Å². The van der Waals surface area contributed by atoms with Crippen molar-refractivity contribution in [3.8, 4) is 11.5 Å². The molecule has 1 N–H and O–H groups in total.